The Balaban J connectivity index is 1.73. The van der Waals surface area contributed by atoms with Gasteiger partial charge in [-0.1, -0.05) is 13.8 Å². The summed E-state index contributed by atoms with van der Waals surface area (Å²) in [5.41, 5.74) is 3.40. The van der Waals surface area contributed by atoms with Crippen LogP contribution in [0.25, 0.3) is 11.1 Å². The Labute approximate surface area is 183 Å². The number of hydrogen-bond donors (Lipinski definition) is 1. The van der Waals surface area contributed by atoms with E-state index in [-0.39, 0.29) is 5.78 Å². The Hall–Kier alpha value is -3.06. The van der Waals surface area contributed by atoms with Gasteiger partial charge in [0.25, 0.3) is 0 Å². The molecule has 3 aromatic rings. The molecule has 7 nitrogen and oxygen atoms in total. The molecule has 31 heavy (non-hydrogen) atoms. The molecule has 1 fully saturated rings. The minimum Gasteiger partial charge on any atom is -0.354 e. The van der Waals surface area contributed by atoms with Crippen LogP contribution in [-0.2, 0) is 7.05 Å². The zero-order valence-corrected chi connectivity index (χ0v) is 18.7. The molecule has 0 saturated carbocycles. The predicted octanol–water partition coefficient (Wildman–Crippen LogP) is 3.24. The van der Waals surface area contributed by atoms with E-state index in [0.717, 1.165) is 43.0 Å². The number of nitrogens with one attached hydrogen (secondary N) is 1. The number of anilines is 1. The van der Waals surface area contributed by atoms with E-state index in [9.17, 15) is 4.79 Å². The van der Waals surface area contributed by atoms with Gasteiger partial charge in [0.15, 0.2) is 0 Å². The van der Waals surface area contributed by atoms with Crippen LogP contribution in [0, 0.1) is 12.8 Å². The van der Waals surface area contributed by atoms with Gasteiger partial charge in [-0.2, -0.15) is 5.10 Å². The standard InChI is InChI=1S/C24H30N6O/c1-16(2)12-19-15-30(11-10-26-19)22-8-7-21(18-13-27-29(4)14-18)23(28-22)24(31)20-6-5-9-25-17(20)3/h5-9,13-14,16,19,26H,10-12,15H2,1-4H3/t19-/m0/s1. The van der Waals surface area contributed by atoms with E-state index < -0.39 is 0 Å². The predicted molar refractivity (Wildman–Crippen MR) is 122 cm³/mol. The first-order valence-electron chi connectivity index (χ1n) is 10.9. The molecule has 4 heterocycles. The lowest BCUT2D eigenvalue weighted by Crippen LogP contribution is -2.51. The van der Waals surface area contributed by atoms with Crippen molar-refractivity contribution in [1.29, 1.82) is 0 Å². The number of piperazine rings is 1. The second-order valence-electron chi connectivity index (χ2n) is 8.66. The van der Waals surface area contributed by atoms with Gasteiger partial charge in [-0.25, -0.2) is 4.98 Å². The second-order valence-corrected chi connectivity index (χ2v) is 8.66. The topological polar surface area (TPSA) is 75.9 Å². The van der Waals surface area contributed by atoms with Crippen molar-refractivity contribution in [1.82, 2.24) is 25.1 Å². The number of aryl methyl sites for hydroxylation is 2. The molecule has 1 saturated heterocycles. The summed E-state index contributed by atoms with van der Waals surface area (Å²) in [7, 11) is 1.87. The molecule has 3 aromatic heterocycles. The second kappa shape index (κ2) is 8.98. The summed E-state index contributed by atoms with van der Waals surface area (Å²) >= 11 is 0. The van der Waals surface area contributed by atoms with Crippen molar-refractivity contribution in [2.75, 3.05) is 24.5 Å². The third-order valence-corrected chi connectivity index (χ3v) is 5.70. The van der Waals surface area contributed by atoms with Gasteiger partial charge in [-0.15, -0.1) is 0 Å². The van der Waals surface area contributed by atoms with E-state index >= 15 is 0 Å². The maximum absolute atomic E-state index is 13.6. The molecule has 1 aliphatic rings. The van der Waals surface area contributed by atoms with E-state index in [2.05, 4.69) is 34.1 Å². The molecule has 0 unspecified atom stereocenters. The summed E-state index contributed by atoms with van der Waals surface area (Å²) < 4.78 is 1.74. The molecule has 1 aliphatic heterocycles. The maximum Gasteiger partial charge on any atom is 0.213 e. The highest BCUT2D eigenvalue weighted by Gasteiger charge is 2.25. The molecule has 0 radical (unpaired) electrons. The highest BCUT2D eigenvalue weighted by Crippen LogP contribution is 2.28. The van der Waals surface area contributed by atoms with Gasteiger partial charge in [-0.3, -0.25) is 14.5 Å². The Morgan fingerprint density at radius 2 is 2.13 bits per heavy atom. The molecule has 0 amide bonds. The zero-order valence-electron chi connectivity index (χ0n) is 18.7. The Kier molecular flexibility index (Phi) is 6.13. The normalized spacial score (nSPS) is 16.7. The summed E-state index contributed by atoms with van der Waals surface area (Å²) in [5.74, 6) is 1.36. The van der Waals surface area contributed by atoms with E-state index in [1.165, 1.54) is 0 Å². The average Bonchev–Trinajstić information content (AvgIpc) is 3.19. The molecule has 1 atom stereocenters. The first-order chi connectivity index (χ1) is 14.9. The fraction of sp³-hybridized carbons (Fsp3) is 0.417. The third-order valence-electron chi connectivity index (χ3n) is 5.70. The van der Waals surface area contributed by atoms with Crippen LogP contribution in [0.4, 0.5) is 5.82 Å². The summed E-state index contributed by atoms with van der Waals surface area (Å²) in [6.45, 7) is 9.01. The Morgan fingerprint density at radius 3 is 2.84 bits per heavy atom. The monoisotopic (exact) mass is 418 g/mol. The number of hydrogen-bond acceptors (Lipinski definition) is 6. The summed E-state index contributed by atoms with van der Waals surface area (Å²) in [6.07, 6.45) is 6.50. The van der Waals surface area contributed by atoms with Crippen LogP contribution in [0.2, 0.25) is 0 Å². The molecule has 7 heteroatoms. The van der Waals surface area contributed by atoms with Gasteiger partial charge in [0.05, 0.1) is 6.20 Å². The highest BCUT2D eigenvalue weighted by atomic mass is 16.1. The molecular formula is C24H30N6O. The Bertz CT molecular complexity index is 1070. The molecule has 0 aliphatic carbocycles. The molecule has 4 rings (SSSR count). The van der Waals surface area contributed by atoms with E-state index in [4.69, 9.17) is 4.98 Å². The summed E-state index contributed by atoms with van der Waals surface area (Å²) in [6, 6.07) is 8.05. The number of carbonyl (C=O) groups is 1. The van der Waals surface area contributed by atoms with Gasteiger partial charge in [0.1, 0.15) is 11.5 Å². The molecule has 0 aromatic carbocycles. The van der Waals surface area contributed by atoms with Gasteiger partial charge in [-0.05, 0) is 43.5 Å². The quantitative estimate of drug-likeness (QED) is 0.620. The van der Waals surface area contributed by atoms with Crippen molar-refractivity contribution in [2.24, 2.45) is 13.0 Å². The van der Waals surface area contributed by atoms with E-state index in [0.29, 0.717) is 28.9 Å². The largest absolute Gasteiger partial charge is 0.354 e. The van der Waals surface area contributed by atoms with E-state index in [1.807, 2.05) is 38.4 Å². The maximum atomic E-state index is 13.6. The highest BCUT2D eigenvalue weighted by molar-refractivity contribution is 6.12. The lowest BCUT2D eigenvalue weighted by Gasteiger charge is -2.35. The van der Waals surface area contributed by atoms with Crippen molar-refractivity contribution < 1.29 is 4.79 Å². The first-order valence-corrected chi connectivity index (χ1v) is 10.9. The molecule has 0 spiro atoms. The van der Waals surface area contributed by atoms with Crippen LogP contribution in [0.15, 0.2) is 42.9 Å². The van der Waals surface area contributed by atoms with Crippen LogP contribution >= 0.6 is 0 Å². The van der Waals surface area contributed by atoms with Crippen molar-refractivity contribution in [2.45, 2.75) is 33.2 Å². The number of carbonyl (C=O) groups excluding carboxylic acids is 1. The van der Waals surface area contributed by atoms with Gasteiger partial charge >= 0.3 is 0 Å². The third kappa shape index (κ3) is 4.66. The Morgan fingerprint density at radius 1 is 1.29 bits per heavy atom. The van der Waals surface area contributed by atoms with Crippen LogP contribution < -0.4 is 10.2 Å². The van der Waals surface area contributed by atoms with Crippen molar-refractivity contribution in [3.63, 3.8) is 0 Å². The van der Waals surface area contributed by atoms with Crippen molar-refractivity contribution in [3.05, 3.63) is 59.8 Å². The van der Waals surface area contributed by atoms with Crippen molar-refractivity contribution in [3.8, 4) is 11.1 Å². The number of nitrogens with zero attached hydrogens (tertiary/aromatic N) is 5. The number of ketones is 1. The number of pyridine rings is 2. The average molecular weight is 419 g/mol. The van der Waals surface area contributed by atoms with Crippen molar-refractivity contribution >= 4 is 11.6 Å². The van der Waals surface area contributed by atoms with Gasteiger partial charge in [0.2, 0.25) is 5.78 Å². The lowest BCUT2D eigenvalue weighted by molar-refractivity contribution is 0.103. The first kappa shape index (κ1) is 21.2. The van der Waals surface area contributed by atoms with Gasteiger partial charge < -0.3 is 10.2 Å². The van der Waals surface area contributed by atoms with Crippen LogP contribution in [0.5, 0.6) is 0 Å². The summed E-state index contributed by atoms with van der Waals surface area (Å²) in [4.78, 5) is 25.0. The molecular weight excluding hydrogens is 388 g/mol. The zero-order chi connectivity index (χ0) is 22.0. The smallest absolute Gasteiger partial charge is 0.213 e. The minimum atomic E-state index is -0.111. The van der Waals surface area contributed by atoms with Crippen LogP contribution in [0.3, 0.4) is 0 Å². The fourth-order valence-corrected chi connectivity index (χ4v) is 4.20. The SMILES string of the molecule is Cc1ncccc1C(=O)c1nc(N2CCN[C@@H](CC(C)C)C2)ccc1-c1cnn(C)c1. The fourth-order valence-electron chi connectivity index (χ4n) is 4.20. The van der Waals surface area contributed by atoms with E-state index in [1.54, 1.807) is 23.1 Å². The lowest BCUT2D eigenvalue weighted by atomic mass is 9.99. The molecule has 1 N–H and O–H groups in total. The molecule has 162 valence electrons. The summed E-state index contributed by atoms with van der Waals surface area (Å²) in [5, 5.41) is 7.89. The molecule has 0 bridgehead atoms. The minimum absolute atomic E-state index is 0.111. The van der Waals surface area contributed by atoms with Gasteiger partial charge in [0, 0.05) is 67.5 Å². The van der Waals surface area contributed by atoms with Crippen LogP contribution in [-0.4, -0.2) is 51.2 Å². The number of aromatic nitrogens is 4. The van der Waals surface area contributed by atoms with Crippen LogP contribution in [0.1, 0.15) is 42.0 Å². The number of rotatable bonds is 6.